The number of nitrogens with zero attached hydrogens (tertiary/aromatic N) is 1. The van der Waals surface area contributed by atoms with E-state index in [2.05, 4.69) is 0 Å². The van der Waals surface area contributed by atoms with Crippen molar-refractivity contribution in [3.63, 3.8) is 0 Å². The van der Waals surface area contributed by atoms with Crippen LogP contribution in [0.15, 0.2) is 22.6 Å². The summed E-state index contributed by atoms with van der Waals surface area (Å²) in [5, 5.41) is 0. The number of rotatable bonds is 2. The van der Waals surface area contributed by atoms with Crippen molar-refractivity contribution in [2.24, 2.45) is 0 Å². The number of piperidine rings is 1. The molecule has 5 heterocycles. The van der Waals surface area contributed by atoms with E-state index >= 15 is 0 Å². The van der Waals surface area contributed by atoms with Crippen LogP contribution in [0.1, 0.15) is 35.9 Å². The Labute approximate surface area is 125 Å². The fourth-order valence-corrected chi connectivity index (χ4v) is 3.27. The van der Waals surface area contributed by atoms with Gasteiger partial charge in [0.1, 0.15) is 17.6 Å². The quantitative estimate of drug-likeness (QED) is 0.459. The number of esters is 2. The van der Waals surface area contributed by atoms with Gasteiger partial charge in [0.05, 0.1) is 11.1 Å². The Kier molecular flexibility index (Phi) is 2.52. The molecule has 7 heteroatoms. The minimum absolute atomic E-state index is 0.128. The number of hydrogen-bond acceptors (Lipinski definition) is 7. The van der Waals surface area contributed by atoms with Crippen LogP contribution in [0.25, 0.3) is 5.57 Å². The molecule has 1 aromatic rings. The highest BCUT2D eigenvalue weighted by molar-refractivity contribution is 6.30. The predicted molar refractivity (Wildman–Crippen MR) is 71.4 cm³/mol. The van der Waals surface area contributed by atoms with Gasteiger partial charge in [-0.25, -0.2) is 9.59 Å². The fourth-order valence-electron chi connectivity index (χ4n) is 3.27. The fraction of sp³-hybridized carbons (Fsp3) is 0.400. The van der Waals surface area contributed by atoms with E-state index in [1.54, 1.807) is 6.07 Å². The van der Waals surface area contributed by atoms with Gasteiger partial charge in [-0.1, -0.05) is 0 Å². The van der Waals surface area contributed by atoms with Crippen molar-refractivity contribution in [1.29, 1.82) is 0 Å². The summed E-state index contributed by atoms with van der Waals surface area (Å²) in [5.74, 6) is -1.45. The van der Waals surface area contributed by atoms with Gasteiger partial charge >= 0.3 is 11.9 Å². The van der Waals surface area contributed by atoms with Gasteiger partial charge in [-0.15, -0.1) is 0 Å². The Bertz CT molecular complexity index is 735. The molecule has 4 aliphatic heterocycles. The first-order valence-corrected chi connectivity index (χ1v) is 7.05. The van der Waals surface area contributed by atoms with Crippen molar-refractivity contribution < 1.29 is 28.3 Å². The van der Waals surface area contributed by atoms with Gasteiger partial charge in [-0.3, -0.25) is 4.79 Å². The van der Waals surface area contributed by atoms with Crippen LogP contribution < -0.4 is 0 Å². The Hall–Kier alpha value is -2.57. The Balaban J connectivity index is 1.91. The highest BCUT2D eigenvalue weighted by atomic mass is 16.6. The summed E-state index contributed by atoms with van der Waals surface area (Å²) < 4.78 is 16.2. The second kappa shape index (κ2) is 4.22. The molecule has 5 rings (SSSR count). The predicted octanol–water partition coefficient (Wildman–Crippen LogP) is 1.10. The minimum atomic E-state index is -1.03. The highest BCUT2D eigenvalue weighted by Crippen LogP contribution is 2.49. The highest BCUT2D eigenvalue weighted by Gasteiger charge is 2.54. The van der Waals surface area contributed by atoms with Crippen LogP contribution in [-0.2, 0) is 19.1 Å². The van der Waals surface area contributed by atoms with Crippen LogP contribution in [0.2, 0.25) is 0 Å². The van der Waals surface area contributed by atoms with E-state index in [0.717, 1.165) is 0 Å². The zero-order valence-electron chi connectivity index (χ0n) is 11.9. The zero-order chi connectivity index (χ0) is 15.5. The Morgan fingerprint density at radius 2 is 1.95 bits per heavy atom. The van der Waals surface area contributed by atoms with Gasteiger partial charge in [0, 0.05) is 25.9 Å². The number of carbonyl (C=O) groups excluding carboxylic acids is 3. The third kappa shape index (κ3) is 1.65. The molecule has 0 radical (unpaired) electrons. The second-order valence-corrected chi connectivity index (χ2v) is 5.70. The molecule has 1 spiro atoms. The van der Waals surface area contributed by atoms with E-state index in [0.29, 0.717) is 48.7 Å². The van der Waals surface area contributed by atoms with E-state index < -0.39 is 17.5 Å². The van der Waals surface area contributed by atoms with Crippen LogP contribution in [0, 0.1) is 0 Å². The largest absolute Gasteiger partial charge is 0.464 e. The SMILES string of the molecule is CC(=O)c1coc(C2=C3OC(=O)C(=O)OC24CCN3CC4)c1. The molecule has 7 nitrogen and oxygen atoms in total. The summed E-state index contributed by atoms with van der Waals surface area (Å²) in [6.07, 6.45) is 2.48. The number of fused-ring (bicyclic) bond motifs is 2. The van der Waals surface area contributed by atoms with Crippen LogP contribution in [-0.4, -0.2) is 41.3 Å². The maximum atomic E-state index is 11.8. The first kappa shape index (κ1) is 13.1. The lowest BCUT2D eigenvalue weighted by atomic mass is 9.79. The summed E-state index contributed by atoms with van der Waals surface area (Å²) >= 11 is 0. The van der Waals surface area contributed by atoms with Crippen molar-refractivity contribution in [2.45, 2.75) is 25.4 Å². The van der Waals surface area contributed by atoms with Gasteiger partial charge in [0.15, 0.2) is 5.78 Å². The molecule has 0 saturated carbocycles. The molecular weight excluding hydrogens is 290 g/mol. The summed E-state index contributed by atoms with van der Waals surface area (Å²) in [7, 11) is 0. The normalized spacial score (nSPS) is 22.3. The van der Waals surface area contributed by atoms with Crippen molar-refractivity contribution >= 4 is 23.3 Å². The van der Waals surface area contributed by atoms with E-state index in [1.165, 1.54) is 13.2 Å². The van der Waals surface area contributed by atoms with Crippen molar-refractivity contribution in [3.8, 4) is 0 Å². The molecule has 0 unspecified atom stereocenters. The van der Waals surface area contributed by atoms with E-state index in [1.807, 2.05) is 4.90 Å². The first-order valence-electron chi connectivity index (χ1n) is 7.05. The van der Waals surface area contributed by atoms with Gasteiger partial charge in [0.2, 0.25) is 5.88 Å². The first-order chi connectivity index (χ1) is 10.5. The van der Waals surface area contributed by atoms with Crippen LogP contribution >= 0.6 is 0 Å². The smallest absolute Gasteiger partial charge is 0.424 e. The van der Waals surface area contributed by atoms with Gasteiger partial charge < -0.3 is 18.8 Å². The standard InChI is InChI=1S/C15H13NO6/c1-8(17)9-6-10(20-7-9)11-12-16-4-2-15(11,3-5-16)22-14(19)13(18)21-12/h6-7H,2-5H2,1H3. The summed E-state index contributed by atoms with van der Waals surface area (Å²) in [6, 6.07) is 1.59. The molecule has 1 aromatic heterocycles. The minimum Gasteiger partial charge on any atom is -0.464 e. The van der Waals surface area contributed by atoms with E-state index in [4.69, 9.17) is 13.9 Å². The molecule has 0 amide bonds. The zero-order valence-corrected chi connectivity index (χ0v) is 11.9. The molecule has 0 aromatic carbocycles. The molecule has 1 saturated heterocycles. The molecule has 22 heavy (non-hydrogen) atoms. The average Bonchev–Trinajstić information content (AvgIpc) is 2.96. The number of carbonyl (C=O) groups is 3. The third-order valence-corrected chi connectivity index (χ3v) is 4.42. The van der Waals surface area contributed by atoms with Crippen LogP contribution in [0.5, 0.6) is 0 Å². The number of Topliss-reactive ketones (excluding diaryl/α,β-unsaturated/α-hetero) is 1. The number of hydrogen-bond donors (Lipinski definition) is 0. The number of ether oxygens (including phenoxy) is 2. The lowest BCUT2D eigenvalue weighted by molar-refractivity contribution is -0.169. The molecule has 0 atom stereocenters. The molecular formula is C15H13NO6. The molecule has 114 valence electrons. The topological polar surface area (TPSA) is 86.0 Å². The van der Waals surface area contributed by atoms with Gasteiger partial charge in [-0.05, 0) is 13.0 Å². The summed E-state index contributed by atoms with van der Waals surface area (Å²) in [5.41, 5.74) is 0.0428. The lowest BCUT2D eigenvalue weighted by Gasteiger charge is -2.46. The second-order valence-electron chi connectivity index (χ2n) is 5.70. The molecule has 4 aliphatic rings. The van der Waals surface area contributed by atoms with E-state index in [-0.39, 0.29) is 5.78 Å². The lowest BCUT2D eigenvalue weighted by Crippen LogP contribution is -2.52. The van der Waals surface area contributed by atoms with Crippen molar-refractivity contribution in [1.82, 2.24) is 4.90 Å². The number of ketones is 1. The van der Waals surface area contributed by atoms with Gasteiger partial charge in [0.25, 0.3) is 0 Å². The average molecular weight is 303 g/mol. The van der Waals surface area contributed by atoms with E-state index in [9.17, 15) is 14.4 Å². The molecule has 0 N–H and O–H groups in total. The summed E-state index contributed by atoms with van der Waals surface area (Å²) in [4.78, 5) is 36.9. The van der Waals surface area contributed by atoms with Crippen LogP contribution in [0.4, 0.5) is 0 Å². The molecule has 3 bridgehead atoms. The Morgan fingerprint density at radius 3 is 2.59 bits per heavy atom. The maximum absolute atomic E-state index is 11.8. The third-order valence-electron chi connectivity index (χ3n) is 4.42. The van der Waals surface area contributed by atoms with Gasteiger partial charge in [-0.2, -0.15) is 0 Å². The Morgan fingerprint density at radius 1 is 1.23 bits per heavy atom. The monoisotopic (exact) mass is 303 g/mol. The van der Waals surface area contributed by atoms with Crippen molar-refractivity contribution in [2.75, 3.05) is 13.1 Å². The number of furan rings is 1. The van der Waals surface area contributed by atoms with Crippen LogP contribution in [0.3, 0.4) is 0 Å². The summed E-state index contributed by atoms with van der Waals surface area (Å²) in [6.45, 7) is 2.72. The molecule has 0 aliphatic carbocycles. The maximum Gasteiger partial charge on any atom is 0.424 e. The van der Waals surface area contributed by atoms with Crippen molar-refractivity contribution in [3.05, 3.63) is 29.5 Å². The molecule has 1 fully saturated rings.